The predicted molar refractivity (Wildman–Crippen MR) is 112 cm³/mol. The number of hydrogen-bond donors (Lipinski definition) is 2. The molecule has 2 N–H and O–H groups in total. The summed E-state index contributed by atoms with van der Waals surface area (Å²) < 4.78 is 0. The molecule has 4 aliphatic carbocycles. The summed E-state index contributed by atoms with van der Waals surface area (Å²) in [7, 11) is 0. The Balaban J connectivity index is 1.08. The van der Waals surface area contributed by atoms with E-state index in [0.717, 1.165) is 56.1 Å². The van der Waals surface area contributed by atoms with Crippen LogP contribution >= 0.6 is 0 Å². The van der Waals surface area contributed by atoms with Gasteiger partial charge in [-0.15, -0.1) is 0 Å². The van der Waals surface area contributed by atoms with E-state index >= 15 is 0 Å². The van der Waals surface area contributed by atoms with Crippen LogP contribution in [-0.2, 0) is 6.54 Å². The van der Waals surface area contributed by atoms with Gasteiger partial charge in [0.2, 0.25) is 0 Å². The lowest BCUT2D eigenvalue weighted by Crippen LogP contribution is -2.58. The molecule has 1 aromatic carbocycles. The number of aryl methyl sites for hydroxylation is 1. The Bertz CT molecular complexity index is 682. The molecule has 2 amide bonds. The zero-order valence-corrected chi connectivity index (χ0v) is 17.2. The van der Waals surface area contributed by atoms with Gasteiger partial charge in [-0.25, -0.2) is 4.79 Å². The fourth-order valence-corrected chi connectivity index (χ4v) is 6.80. The quantitative estimate of drug-likeness (QED) is 0.825. The van der Waals surface area contributed by atoms with Crippen molar-refractivity contribution in [1.29, 1.82) is 0 Å². The number of benzene rings is 1. The van der Waals surface area contributed by atoms with Gasteiger partial charge in [-0.1, -0.05) is 24.3 Å². The molecule has 1 aliphatic heterocycles. The lowest BCUT2D eigenvalue weighted by Gasteiger charge is -2.54. The van der Waals surface area contributed by atoms with Crippen molar-refractivity contribution in [2.75, 3.05) is 13.1 Å². The molecule has 6 rings (SSSR count). The third-order valence-corrected chi connectivity index (χ3v) is 8.10. The molecule has 1 heterocycles. The second kappa shape index (κ2) is 7.70. The van der Waals surface area contributed by atoms with Crippen LogP contribution in [0.15, 0.2) is 24.3 Å². The summed E-state index contributed by atoms with van der Waals surface area (Å²) in [6, 6.07) is 9.52. The average molecular weight is 382 g/mol. The number of urea groups is 1. The molecule has 5 aliphatic rings. The first kappa shape index (κ1) is 18.5. The van der Waals surface area contributed by atoms with Gasteiger partial charge in [0.15, 0.2) is 0 Å². The first-order chi connectivity index (χ1) is 13.6. The Morgan fingerprint density at radius 2 is 1.61 bits per heavy atom. The van der Waals surface area contributed by atoms with E-state index in [9.17, 15) is 4.79 Å². The van der Waals surface area contributed by atoms with Crippen LogP contribution in [0, 0.1) is 30.6 Å². The van der Waals surface area contributed by atoms with Gasteiger partial charge < -0.3 is 10.6 Å². The molecule has 0 spiro atoms. The van der Waals surface area contributed by atoms with Crippen molar-refractivity contribution in [3.63, 3.8) is 0 Å². The van der Waals surface area contributed by atoms with E-state index in [0.29, 0.717) is 12.1 Å². The van der Waals surface area contributed by atoms with Crippen molar-refractivity contribution >= 4 is 6.03 Å². The molecule has 4 nitrogen and oxygen atoms in total. The van der Waals surface area contributed by atoms with Gasteiger partial charge in [-0.2, -0.15) is 0 Å². The van der Waals surface area contributed by atoms with Crippen LogP contribution in [0.5, 0.6) is 0 Å². The second-order valence-corrected chi connectivity index (χ2v) is 10.1. The van der Waals surface area contributed by atoms with E-state index in [2.05, 4.69) is 46.7 Å². The Morgan fingerprint density at radius 3 is 2.25 bits per heavy atom. The molecule has 0 atom stereocenters. The molecule has 5 fully saturated rings. The molecule has 1 aromatic rings. The molecule has 152 valence electrons. The highest BCUT2D eigenvalue weighted by molar-refractivity contribution is 5.74. The van der Waals surface area contributed by atoms with E-state index in [4.69, 9.17) is 0 Å². The van der Waals surface area contributed by atoms with Crippen molar-refractivity contribution in [1.82, 2.24) is 15.5 Å². The predicted octanol–water partition coefficient (Wildman–Crippen LogP) is 4.08. The fourth-order valence-electron chi connectivity index (χ4n) is 6.80. The highest BCUT2D eigenvalue weighted by Crippen LogP contribution is 2.53. The fraction of sp³-hybridized carbons (Fsp3) is 0.708. The topological polar surface area (TPSA) is 44.4 Å². The van der Waals surface area contributed by atoms with Gasteiger partial charge in [-0.05, 0) is 86.7 Å². The van der Waals surface area contributed by atoms with Gasteiger partial charge in [0.05, 0.1) is 0 Å². The minimum atomic E-state index is 0.0924. The molecular formula is C24H35N3O. The van der Waals surface area contributed by atoms with Crippen molar-refractivity contribution in [3.8, 4) is 0 Å². The molecule has 0 aromatic heterocycles. The summed E-state index contributed by atoms with van der Waals surface area (Å²) >= 11 is 0. The summed E-state index contributed by atoms with van der Waals surface area (Å²) in [6.45, 7) is 5.35. The Hall–Kier alpha value is -1.55. The maximum absolute atomic E-state index is 12.7. The van der Waals surface area contributed by atoms with Crippen LogP contribution in [0.3, 0.4) is 0 Å². The summed E-state index contributed by atoms with van der Waals surface area (Å²) in [6.07, 6.45) is 9.00. The molecule has 0 radical (unpaired) electrons. The summed E-state index contributed by atoms with van der Waals surface area (Å²) in [5.41, 5.74) is 2.80. The number of likely N-dealkylation sites (tertiary alicyclic amines) is 1. The maximum atomic E-state index is 12.7. The number of rotatable bonds is 4. The monoisotopic (exact) mass is 381 g/mol. The Morgan fingerprint density at radius 1 is 0.964 bits per heavy atom. The highest BCUT2D eigenvalue weighted by atomic mass is 16.2. The number of piperidine rings is 1. The van der Waals surface area contributed by atoms with E-state index in [1.807, 2.05) is 0 Å². The second-order valence-electron chi connectivity index (χ2n) is 10.1. The van der Waals surface area contributed by atoms with Crippen molar-refractivity contribution in [2.24, 2.45) is 23.7 Å². The molecule has 0 unspecified atom stereocenters. The first-order valence-electron chi connectivity index (χ1n) is 11.5. The van der Waals surface area contributed by atoms with E-state index in [1.165, 1.54) is 43.2 Å². The highest BCUT2D eigenvalue weighted by Gasteiger charge is 2.48. The Labute approximate surface area is 169 Å². The minimum absolute atomic E-state index is 0.0924. The number of carbonyl (C=O) groups is 1. The maximum Gasteiger partial charge on any atom is 0.315 e. The van der Waals surface area contributed by atoms with Crippen LogP contribution in [0.4, 0.5) is 4.79 Å². The van der Waals surface area contributed by atoms with Crippen LogP contribution in [-0.4, -0.2) is 36.1 Å². The zero-order valence-electron chi connectivity index (χ0n) is 17.2. The molecule has 4 heteroatoms. The number of nitrogens with zero attached hydrogens (tertiary/aromatic N) is 1. The summed E-state index contributed by atoms with van der Waals surface area (Å²) in [4.78, 5) is 15.2. The SMILES string of the molecule is Cc1ccccc1CN1CCC(NC(=O)NC2C3CC4CC(C3)CC2C4)CC1. The number of hydrogen-bond acceptors (Lipinski definition) is 2. The summed E-state index contributed by atoms with van der Waals surface area (Å²) in [5, 5.41) is 6.70. The zero-order chi connectivity index (χ0) is 19.1. The average Bonchev–Trinajstić information content (AvgIpc) is 2.67. The summed E-state index contributed by atoms with van der Waals surface area (Å²) in [5.74, 6) is 3.42. The third kappa shape index (κ3) is 3.80. The van der Waals surface area contributed by atoms with Crippen molar-refractivity contribution in [2.45, 2.75) is 70.5 Å². The van der Waals surface area contributed by atoms with Gasteiger partial charge in [0, 0.05) is 31.7 Å². The standard InChI is InChI=1S/C24H35N3O/c1-16-4-2-3-5-19(16)15-27-8-6-22(7-9-27)25-24(28)26-23-20-11-17-10-18(13-20)14-21(23)12-17/h2-5,17-18,20-23H,6-15H2,1H3,(H2,25,26,28). The number of amides is 2. The number of carbonyl (C=O) groups excluding carboxylic acids is 1. The lowest BCUT2D eigenvalue weighted by molar-refractivity contribution is -0.00961. The number of nitrogens with one attached hydrogen (secondary N) is 2. The van der Waals surface area contributed by atoms with Gasteiger partial charge in [0.25, 0.3) is 0 Å². The van der Waals surface area contributed by atoms with Crippen LogP contribution in [0.2, 0.25) is 0 Å². The Kier molecular flexibility index (Phi) is 5.08. The molecule has 1 saturated heterocycles. The normalized spacial score (nSPS) is 35.1. The van der Waals surface area contributed by atoms with Crippen molar-refractivity contribution in [3.05, 3.63) is 35.4 Å². The van der Waals surface area contributed by atoms with Gasteiger partial charge in [0.1, 0.15) is 0 Å². The molecule has 4 bridgehead atoms. The van der Waals surface area contributed by atoms with E-state index in [-0.39, 0.29) is 6.03 Å². The third-order valence-electron chi connectivity index (χ3n) is 8.10. The molecule has 4 saturated carbocycles. The lowest BCUT2D eigenvalue weighted by atomic mass is 9.54. The largest absolute Gasteiger partial charge is 0.335 e. The van der Waals surface area contributed by atoms with Gasteiger partial charge >= 0.3 is 6.03 Å². The minimum Gasteiger partial charge on any atom is -0.335 e. The molecule has 28 heavy (non-hydrogen) atoms. The van der Waals surface area contributed by atoms with Crippen LogP contribution < -0.4 is 10.6 Å². The molecular weight excluding hydrogens is 346 g/mol. The first-order valence-corrected chi connectivity index (χ1v) is 11.5. The van der Waals surface area contributed by atoms with Crippen LogP contribution in [0.25, 0.3) is 0 Å². The van der Waals surface area contributed by atoms with Crippen molar-refractivity contribution < 1.29 is 4.79 Å². The smallest absolute Gasteiger partial charge is 0.315 e. The van der Waals surface area contributed by atoms with E-state index < -0.39 is 0 Å². The van der Waals surface area contributed by atoms with Crippen LogP contribution in [0.1, 0.15) is 56.1 Å². The van der Waals surface area contributed by atoms with Gasteiger partial charge in [-0.3, -0.25) is 4.90 Å². The van der Waals surface area contributed by atoms with E-state index in [1.54, 1.807) is 0 Å².